The van der Waals surface area contributed by atoms with E-state index in [9.17, 15) is 14.4 Å². The molecule has 1 aliphatic heterocycles. The van der Waals surface area contributed by atoms with Crippen molar-refractivity contribution in [2.45, 2.75) is 19.9 Å². The Bertz CT molecular complexity index is 1770. The lowest BCUT2D eigenvalue weighted by Crippen LogP contribution is -2.39. The highest BCUT2D eigenvalue weighted by molar-refractivity contribution is 7.07. The molecule has 9 nitrogen and oxygen atoms in total. The topological polar surface area (TPSA) is 120 Å². The van der Waals surface area contributed by atoms with Crippen LogP contribution in [0.2, 0.25) is 0 Å². The molecule has 0 radical (unpaired) electrons. The number of aromatic nitrogens is 1. The number of methoxy groups -OCH3 is 1. The molecule has 4 aromatic rings. The van der Waals surface area contributed by atoms with Crippen molar-refractivity contribution in [2.75, 3.05) is 13.7 Å². The standard InChI is InChI=1S/C29H24N2O7S/c1-4-37-28(35)24-16(2)30-29-31(25(24)18-9-11-20(36-3)12-10-18)26(32)23(39-29)15-21-13-14-22(38-21)17-5-7-19(8-6-17)27(33)34/h5-15,25H,4H2,1-3H3,(H,33,34)/b23-15-. The van der Waals surface area contributed by atoms with Crippen molar-refractivity contribution in [2.24, 2.45) is 4.99 Å². The number of benzene rings is 2. The third kappa shape index (κ3) is 4.94. The van der Waals surface area contributed by atoms with Gasteiger partial charge >= 0.3 is 11.9 Å². The maximum absolute atomic E-state index is 13.7. The maximum atomic E-state index is 13.7. The van der Waals surface area contributed by atoms with Crippen LogP contribution in [0, 0.1) is 0 Å². The average Bonchev–Trinajstić information content (AvgIpc) is 3.52. The predicted octanol–water partition coefficient (Wildman–Crippen LogP) is 3.77. The highest BCUT2D eigenvalue weighted by atomic mass is 32.1. The lowest BCUT2D eigenvalue weighted by molar-refractivity contribution is -0.139. The molecule has 1 aliphatic rings. The maximum Gasteiger partial charge on any atom is 0.338 e. The van der Waals surface area contributed by atoms with Crippen LogP contribution in [0.5, 0.6) is 5.75 Å². The SMILES string of the molecule is CCOC(=O)C1=C(C)N=c2s/c(=C\c3ccc(-c4ccc(C(=O)O)cc4)o3)c(=O)n2C1c1ccc(OC)cc1. The fourth-order valence-corrected chi connectivity index (χ4v) is 5.41. The van der Waals surface area contributed by atoms with Crippen LogP contribution in [0.15, 0.2) is 86.1 Å². The van der Waals surface area contributed by atoms with Gasteiger partial charge in [0, 0.05) is 11.6 Å². The summed E-state index contributed by atoms with van der Waals surface area (Å²) in [7, 11) is 1.57. The van der Waals surface area contributed by atoms with Crippen LogP contribution in [0.4, 0.5) is 0 Å². The van der Waals surface area contributed by atoms with Gasteiger partial charge in [-0.05, 0) is 55.8 Å². The summed E-state index contributed by atoms with van der Waals surface area (Å²) in [4.78, 5) is 42.9. The Morgan fingerprint density at radius 2 is 1.82 bits per heavy atom. The first-order chi connectivity index (χ1) is 18.8. The molecule has 2 aromatic heterocycles. The van der Waals surface area contributed by atoms with E-state index in [1.54, 1.807) is 63.4 Å². The minimum atomic E-state index is -1.01. The minimum absolute atomic E-state index is 0.176. The molecule has 39 heavy (non-hydrogen) atoms. The number of furan rings is 1. The van der Waals surface area contributed by atoms with Gasteiger partial charge in [0.15, 0.2) is 4.80 Å². The van der Waals surface area contributed by atoms with Crippen molar-refractivity contribution in [1.82, 2.24) is 4.57 Å². The number of carbonyl (C=O) groups excluding carboxylic acids is 1. The van der Waals surface area contributed by atoms with Crippen LogP contribution < -0.4 is 19.6 Å². The van der Waals surface area contributed by atoms with Crippen molar-refractivity contribution < 1.29 is 28.6 Å². The highest BCUT2D eigenvalue weighted by Gasteiger charge is 2.33. The second-order valence-corrected chi connectivity index (χ2v) is 9.67. The second-order valence-electron chi connectivity index (χ2n) is 8.66. The second kappa shape index (κ2) is 10.6. The smallest absolute Gasteiger partial charge is 0.338 e. The van der Waals surface area contributed by atoms with Gasteiger partial charge in [-0.3, -0.25) is 9.36 Å². The van der Waals surface area contributed by atoms with Gasteiger partial charge in [0.05, 0.1) is 41.1 Å². The van der Waals surface area contributed by atoms with Crippen molar-refractivity contribution in [3.05, 3.63) is 109 Å². The number of thiazole rings is 1. The number of carboxylic acids is 1. The average molecular weight is 545 g/mol. The van der Waals surface area contributed by atoms with E-state index in [1.165, 1.54) is 28.0 Å². The van der Waals surface area contributed by atoms with E-state index in [0.717, 1.165) is 0 Å². The Hall–Kier alpha value is -4.70. The largest absolute Gasteiger partial charge is 0.497 e. The van der Waals surface area contributed by atoms with Gasteiger partial charge in [0.25, 0.3) is 5.56 Å². The summed E-state index contributed by atoms with van der Waals surface area (Å²) in [5.41, 5.74) is 2.05. The zero-order valence-corrected chi connectivity index (χ0v) is 22.2. The number of rotatable bonds is 7. The summed E-state index contributed by atoms with van der Waals surface area (Å²) in [5.74, 6) is 0.0861. The van der Waals surface area contributed by atoms with Crippen molar-refractivity contribution in [1.29, 1.82) is 0 Å². The number of ether oxygens (including phenoxy) is 2. The van der Waals surface area contributed by atoms with Gasteiger partial charge in [0.2, 0.25) is 0 Å². The molecule has 0 bridgehead atoms. The van der Waals surface area contributed by atoms with Crippen LogP contribution in [0.3, 0.4) is 0 Å². The van der Waals surface area contributed by atoms with E-state index in [1.807, 2.05) is 12.1 Å². The lowest BCUT2D eigenvalue weighted by atomic mass is 9.96. The monoisotopic (exact) mass is 544 g/mol. The molecule has 0 aliphatic carbocycles. The molecule has 3 heterocycles. The molecular weight excluding hydrogens is 520 g/mol. The molecule has 10 heteroatoms. The highest BCUT2D eigenvalue weighted by Crippen LogP contribution is 2.31. The zero-order chi connectivity index (χ0) is 27.7. The fourth-order valence-electron chi connectivity index (χ4n) is 4.38. The van der Waals surface area contributed by atoms with Crippen molar-refractivity contribution in [3.63, 3.8) is 0 Å². The van der Waals surface area contributed by atoms with Crippen LogP contribution in [0.1, 0.15) is 41.6 Å². The number of fused-ring (bicyclic) bond motifs is 1. The molecule has 0 fully saturated rings. The van der Waals surface area contributed by atoms with E-state index in [2.05, 4.69) is 4.99 Å². The molecular formula is C29H24N2O7S. The first-order valence-corrected chi connectivity index (χ1v) is 12.9. The molecule has 1 unspecified atom stereocenters. The Balaban J connectivity index is 1.59. The van der Waals surface area contributed by atoms with Gasteiger partial charge in [-0.2, -0.15) is 0 Å². The first kappa shape index (κ1) is 25.9. The van der Waals surface area contributed by atoms with Crippen LogP contribution in [0.25, 0.3) is 17.4 Å². The zero-order valence-electron chi connectivity index (χ0n) is 21.3. The number of hydrogen-bond donors (Lipinski definition) is 1. The van der Waals surface area contributed by atoms with Crippen LogP contribution in [-0.4, -0.2) is 35.3 Å². The Morgan fingerprint density at radius 3 is 2.46 bits per heavy atom. The van der Waals surface area contributed by atoms with E-state index < -0.39 is 18.0 Å². The van der Waals surface area contributed by atoms with Gasteiger partial charge in [0.1, 0.15) is 17.3 Å². The summed E-state index contributed by atoms with van der Waals surface area (Å²) in [6.07, 6.45) is 1.63. The van der Waals surface area contributed by atoms with Crippen molar-refractivity contribution in [3.8, 4) is 17.1 Å². The number of carboxylic acid groups (broad SMARTS) is 1. The molecule has 2 aromatic carbocycles. The summed E-state index contributed by atoms with van der Waals surface area (Å²) < 4.78 is 18.4. The summed E-state index contributed by atoms with van der Waals surface area (Å²) in [5, 5.41) is 9.11. The molecule has 1 atom stereocenters. The number of hydrogen-bond acceptors (Lipinski definition) is 8. The molecule has 1 N–H and O–H groups in total. The summed E-state index contributed by atoms with van der Waals surface area (Å²) in [6.45, 7) is 3.65. The van der Waals surface area contributed by atoms with E-state index in [0.29, 0.717) is 49.0 Å². The third-order valence-corrected chi connectivity index (χ3v) is 7.25. The van der Waals surface area contributed by atoms with Crippen LogP contribution >= 0.6 is 11.3 Å². The third-order valence-electron chi connectivity index (χ3n) is 6.27. The minimum Gasteiger partial charge on any atom is -0.497 e. The van der Waals surface area contributed by atoms with Gasteiger partial charge in [-0.1, -0.05) is 35.6 Å². The van der Waals surface area contributed by atoms with Crippen LogP contribution in [-0.2, 0) is 9.53 Å². The Labute approximate surface area is 226 Å². The summed E-state index contributed by atoms with van der Waals surface area (Å²) in [6, 6.07) is 16.3. The quantitative estimate of drug-likeness (QED) is 0.352. The van der Waals surface area contributed by atoms with E-state index in [4.69, 9.17) is 19.0 Å². The Kier molecular flexibility index (Phi) is 7.03. The van der Waals surface area contributed by atoms with Crippen molar-refractivity contribution >= 4 is 29.4 Å². The van der Waals surface area contributed by atoms with E-state index >= 15 is 0 Å². The lowest BCUT2D eigenvalue weighted by Gasteiger charge is -2.24. The Morgan fingerprint density at radius 1 is 1.10 bits per heavy atom. The number of esters is 1. The summed E-state index contributed by atoms with van der Waals surface area (Å²) >= 11 is 1.20. The normalized spacial score (nSPS) is 15.1. The number of aromatic carboxylic acids is 1. The predicted molar refractivity (Wildman–Crippen MR) is 144 cm³/mol. The van der Waals surface area contributed by atoms with E-state index in [-0.39, 0.29) is 17.7 Å². The molecule has 0 amide bonds. The molecule has 0 spiro atoms. The molecule has 5 rings (SSSR count). The number of carbonyl (C=O) groups is 2. The first-order valence-electron chi connectivity index (χ1n) is 12.1. The van der Waals surface area contributed by atoms with Gasteiger partial charge in [-0.25, -0.2) is 14.6 Å². The number of nitrogens with zero attached hydrogens (tertiary/aromatic N) is 2. The molecule has 0 saturated carbocycles. The van der Waals surface area contributed by atoms with Gasteiger partial charge in [-0.15, -0.1) is 0 Å². The van der Waals surface area contributed by atoms with Gasteiger partial charge < -0.3 is 19.0 Å². The number of allylic oxidation sites excluding steroid dienone is 1. The fraction of sp³-hybridized carbons (Fsp3) is 0.172. The molecule has 198 valence electrons. The molecule has 0 saturated heterocycles.